The summed E-state index contributed by atoms with van der Waals surface area (Å²) < 4.78 is 0. The molecule has 0 spiro atoms. The number of carbonyl (C=O) groups is 2. The normalized spacial score (nSPS) is 25.8. The summed E-state index contributed by atoms with van der Waals surface area (Å²) in [6, 6.07) is -0.262. The molecule has 0 aromatic heterocycles. The van der Waals surface area contributed by atoms with Gasteiger partial charge in [0.05, 0.1) is 5.41 Å². The summed E-state index contributed by atoms with van der Waals surface area (Å²) in [5, 5.41) is 0. The van der Waals surface area contributed by atoms with E-state index >= 15 is 0 Å². The van der Waals surface area contributed by atoms with E-state index < -0.39 is 0 Å². The van der Waals surface area contributed by atoms with Crippen molar-refractivity contribution in [2.75, 3.05) is 27.2 Å². The van der Waals surface area contributed by atoms with Crippen LogP contribution in [-0.2, 0) is 9.59 Å². The van der Waals surface area contributed by atoms with Gasteiger partial charge in [-0.05, 0) is 25.7 Å². The lowest BCUT2D eigenvalue weighted by molar-refractivity contribution is -0.145. The van der Waals surface area contributed by atoms with Gasteiger partial charge in [-0.3, -0.25) is 9.59 Å². The van der Waals surface area contributed by atoms with Crippen molar-refractivity contribution in [2.45, 2.75) is 31.7 Å². The molecule has 1 atom stereocenters. The predicted molar refractivity (Wildman–Crippen MR) is 64.2 cm³/mol. The molecule has 96 valence electrons. The van der Waals surface area contributed by atoms with Gasteiger partial charge >= 0.3 is 0 Å². The number of likely N-dealkylation sites (tertiary alicyclic amines) is 1. The molecule has 1 aliphatic carbocycles. The van der Waals surface area contributed by atoms with E-state index in [2.05, 4.69) is 0 Å². The van der Waals surface area contributed by atoms with Crippen LogP contribution < -0.4 is 5.73 Å². The Hall–Kier alpha value is -1.10. The molecule has 0 aromatic carbocycles. The molecule has 1 saturated carbocycles. The van der Waals surface area contributed by atoms with Crippen LogP contribution in [0.25, 0.3) is 0 Å². The summed E-state index contributed by atoms with van der Waals surface area (Å²) in [6.07, 6.45) is 3.45. The second kappa shape index (κ2) is 4.29. The molecule has 1 aliphatic heterocycles. The zero-order valence-corrected chi connectivity index (χ0v) is 10.6. The molecular weight excluding hydrogens is 218 g/mol. The van der Waals surface area contributed by atoms with E-state index in [0.717, 1.165) is 25.7 Å². The molecule has 0 bridgehead atoms. The molecule has 5 nitrogen and oxygen atoms in total. The van der Waals surface area contributed by atoms with Crippen LogP contribution in [-0.4, -0.2) is 54.8 Å². The highest BCUT2D eigenvalue weighted by Crippen LogP contribution is 2.47. The molecule has 2 N–H and O–H groups in total. The Bertz CT molecular complexity index is 337. The third kappa shape index (κ3) is 2.04. The lowest BCUT2D eigenvalue weighted by Crippen LogP contribution is -2.49. The third-order valence-corrected chi connectivity index (χ3v) is 3.94. The minimum absolute atomic E-state index is 0.0312. The predicted octanol–water partition coefficient (Wildman–Crippen LogP) is -0.195. The molecule has 2 amide bonds. The average molecular weight is 239 g/mol. The zero-order valence-electron chi connectivity index (χ0n) is 10.6. The fourth-order valence-corrected chi connectivity index (χ4v) is 2.53. The number of amides is 2. The minimum Gasteiger partial charge on any atom is -0.347 e. The standard InChI is InChI=1S/C12H21N3O2/c1-14(2)10(16)9-4-3-7-15(9)11(17)12(8-13)5-6-12/h9H,3-8,13H2,1-2H3. The number of likely N-dealkylation sites (N-methyl/N-ethyl adjacent to an activating group) is 1. The Labute approximate surface area is 102 Å². The number of hydrogen-bond donors (Lipinski definition) is 1. The first-order chi connectivity index (χ1) is 8.02. The first kappa shape index (κ1) is 12.4. The summed E-state index contributed by atoms with van der Waals surface area (Å²) in [4.78, 5) is 27.7. The number of rotatable bonds is 3. The summed E-state index contributed by atoms with van der Waals surface area (Å²) >= 11 is 0. The highest BCUT2D eigenvalue weighted by Gasteiger charge is 2.53. The van der Waals surface area contributed by atoms with Crippen LogP contribution in [0.3, 0.4) is 0 Å². The van der Waals surface area contributed by atoms with Gasteiger partial charge in [0, 0.05) is 27.2 Å². The lowest BCUT2D eigenvalue weighted by Gasteiger charge is -2.29. The van der Waals surface area contributed by atoms with Gasteiger partial charge in [0.2, 0.25) is 11.8 Å². The maximum Gasteiger partial charge on any atom is 0.244 e. The molecule has 5 heteroatoms. The van der Waals surface area contributed by atoms with Gasteiger partial charge in [-0.25, -0.2) is 0 Å². The van der Waals surface area contributed by atoms with Crippen LogP contribution >= 0.6 is 0 Å². The lowest BCUT2D eigenvalue weighted by atomic mass is 10.0. The molecule has 2 aliphatic rings. The summed E-state index contributed by atoms with van der Waals surface area (Å²) in [5.41, 5.74) is 5.34. The van der Waals surface area contributed by atoms with Crippen LogP contribution in [0.5, 0.6) is 0 Å². The molecule has 1 heterocycles. The van der Waals surface area contributed by atoms with Gasteiger partial charge in [-0.15, -0.1) is 0 Å². The molecule has 17 heavy (non-hydrogen) atoms. The Morgan fingerprint density at radius 3 is 2.53 bits per heavy atom. The zero-order chi connectivity index (χ0) is 12.6. The van der Waals surface area contributed by atoms with Gasteiger partial charge in [0.1, 0.15) is 6.04 Å². The Kier molecular flexibility index (Phi) is 3.12. The number of nitrogens with zero attached hydrogens (tertiary/aromatic N) is 2. The van der Waals surface area contributed by atoms with E-state index in [1.54, 1.807) is 23.9 Å². The summed E-state index contributed by atoms with van der Waals surface area (Å²) in [5.74, 6) is 0.126. The van der Waals surface area contributed by atoms with Crippen LogP contribution in [0.2, 0.25) is 0 Å². The van der Waals surface area contributed by atoms with Crippen molar-refractivity contribution < 1.29 is 9.59 Å². The fraction of sp³-hybridized carbons (Fsp3) is 0.833. The van der Waals surface area contributed by atoms with E-state index in [1.165, 1.54) is 0 Å². The van der Waals surface area contributed by atoms with Crippen molar-refractivity contribution in [1.29, 1.82) is 0 Å². The Balaban J connectivity index is 2.10. The van der Waals surface area contributed by atoms with E-state index in [-0.39, 0.29) is 23.3 Å². The van der Waals surface area contributed by atoms with Crippen molar-refractivity contribution in [3.05, 3.63) is 0 Å². The molecular formula is C12H21N3O2. The maximum atomic E-state index is 12.4. The van der Waals surface area contributed by atoms with Crippen molar-refractivity contribution in [3.63, 3.8) is 0 Å². The van der Waals surface area contributed by atoms with Gasteiger partial charge in [-0.1, -0.05) is 0 Å². The molecule has 0 aromatic rings. The molecule has 0 radical (unpaired) electrons. The van der Waals surface area contributed by atoms with Crippen molar-refractivity contribution in [1.82, 2.24) is 9.80 Å². The van der Waals surface area contributed by atoms with Gasteiger partial charge < -0.3 is 15.5 Å². The van der Waals surface area contributed by atoms with Gasteiger partial charge in [-0.2, -0.15) is 0 Å². The SMILES string of the molecule is CN(C)C(=O)C1CCCN1C(=O)C1(CN)CC1. The van der Waals surface area contributed by atoms with Crippen LogP contribution in [0.1, 0.15) is 25.7 Å². The first-order valence-corrected chi connectivity index (χ1v) is 6.24. The number of hydrogen-bond acceptors (Lipinski definition) is 3. The quantitative estimate of drug-likeness (QED) is 0.742. The van der Waals surface area contributed by atoms with Crippen LogP contribution in [0, 0.1) is 5.41 Å². The highest BCUT2D eigenvalue weighted by molar-refractivity contribution is 5.92. The van der Waals surface area contributed by atoms with Crippen LogP contribution in [0.15, 0.2) is 0 Å². The highest BCUT2D eigenvalue weighted by atomic mass is 16.2. The Morgan fingerprint density at radius 2 is 2.06 bits per heavy atom. The van der Waals surface area contributed by atoms with Gasteiger partial charge in [0.15, 0.2) is 0 Å². The van der Waals surface area contributed by atoms with E-state index in [9.17, 15) is 9.59 Å². The topological polar surface area (TPSA) is 66.6 Å². The summed E-state index contributed by atoms with van der Waals surface area (Å²) in [6.45, 7) is 1.11. The Morgan fingerprint density at radius 1 is 1.41 bits per heavy atom. The van der Waals surface area contributed by atoms with E-state index in [1.807, 2.05) is 0 Å². The van der Waals surface area contributed by atoms with Crippen molar-refractivity contribution >= 4 is 11.8 Å². The molecule has 1 saturated heterocycles. The molecule has 1 unspecified atom stereocenters. The number of carbonyl (C=O) groups excluding carboxylic acids is 2. The fourth-order valence-electron chi connectivity index (χ4n) is 2.53. The summed E-state index contributed by atoms with van der Waals surface area (Å²) in [7, 11) is 3.47. The number of nitrogens with two attached hydrogens (primary N) is 1. The average Bonchev–Trinajstić information content (AvgIpc) is 2.97. The molecule has 2 fully saturated rings. The largest absolute Gasteiger partial charge is 0.347 e. The maximum absolute atomic E-state index is 12.4. The van der Waals surface area contributed by atoms with Gasteiger partial charge in [0.25, 0.3) is 0 Å². The first-order valence-electron chi connectivity index (χ1n) is 6.24. The van der Waals surface area contributed by atoms with E-state index in [0.29, 0.717) is 13.1 Å². The second-order valence-corrected chi connectivity index (χ2v) is 5.37. The smallest absolute Gasteiger partial charge is 0.244 e. The molecule has 2 rings (SSSR count). The van der Waals surface area contributed by atoms with E-state index in [4.69, 9.17) is 5.73 Å². The van der Waals surface area contributed by atoms with Crippen molar-refractivity contribution in [2.24, 2.45) is 11.1 Å². The third-order valence-electron chi connectivity index (χ3n) is 3.94. The monoisotopic (exact) mass is 239 g/mol. The van der Waals surface area contributed by atoms with Crippen molar-refractivity contribution in [3.8, 4) is 0 Å². The minimum atomic E-state index is -0.338. The van der Waals surface area contributed by atoms with Crippen LogP contribution in [0.4, 0.5) is 0 Å². The second-order valence-electron chi connectivity index (χ2n) is 5.37.